The van der Waals surface area contributed by atoms with Gasteiger partial charge in [0.05, 0.1) is 25.9 Å². The fourth-order valence-corrected chi connectivity index (χ4v) is 12.3. The molecule has 1 aromatic carbocycles. The minimum atomic E-state index is -1.19. The number of amides is 10. The molecule has 26 nitrogen and oxygen atoms in total. The molecule has 5 rings (SSSR count). The molecule has 27 heteroatoms. The van der Waals surface area contributed by atoms with Gasteiger partial charge in [-0.3, -0.25) is 67.4 Å². The van der Waals surface area contributed by atoms with Gasteiger partial charge in [-0.2, -0.15) is 0 Å². The summed E-state index contributed by atoms with van der Waals surface area (Å²) in [5, 5.41) is 22.3. The number of aliphatic hydroxyl groups is 1. The van der Waals surface area contributed by atoms with E-state index < -0.39 is 83.7 Å². The van der Waals surface area contributed by atoms with Gasteiger partial charge in [-0.15, -0.1) is 11.3 Å². The van der Waals surface area contributed by atoms with E-state index in [4.69, 9.17) is 19.2 Å². The van der Waals surface area contributed by atoms with Gasteiger partial charge >= 0.3 is 6.09 Å². The van der Waals surface area contributed by atoms with Gasteiger partial charge in [-0.25, -0.2) is 9.78 Å². The molecular formula is C66H96N10O16S. The number of aromatic nitrogens is 1. The van der Waals surface area contributed by atoms with Crippen molar-refractivity contribution in [2.45, 2.75) is 168 Å². The highest BCUT2D eigenvalue weighted by Gasteiger charge is 2.39. The smallest absolute Gasteiger partial charge is 0.408 e. The minimum Gasteiger partial charge on any atom is -0.465 e. The summed E-state index contributed by atoms with van der Waals surface area (Å²) in [6.07, 6.45) is 6.49. The number of nitrogens with one attached hydrogen (secondary N) is 4. The van der Waals surface area contributed by atoms with Crippen LogP contribution in [0.1, 0.15) is 151 Å². The Morgan fingerprint density at radius 2 is 1.48 bits per heavy atom. The number of hydrogen-bond acceptors (Lipinski definition) is 19. The van der Waals surface area contributed by atoms with Crippen LogP contribution in [0.4, 0.5) is 4.79 Å². The molecule has 2 aromatic rings. The standard InChI is InChI=1S/C66H96N10O16S/c1-9-45(5)49(39-54(79)52-16-11-13-29-72(52)7)65(88)73(8)53(43(2)3)40-55(64-70-51(41-93-64)63(87)69-48(37-46(6)91-42-78)38-47-21-19-44(4)20-22-47)92-66(89)71-50(62(86)68-28-35-90-36-34-77)15-10-12-27-67-56(80)17-14-18-57(81)74(30-32-75-58(82)23-24-59(75)83)31-33-76-60(84)25-26-61(76)85/h19-26,41-43,45-46,48-50,52-53,55,77H,9-18,27-40H2,1-8H3,(H,67,80)(H,68,86)(H,69,87)(H,71,89)/t45?,46?,48-,49+,50?,52?,53-,55-/m1/s1. The zero-order valence-electron chi connectivity index (χ0n) is 55.1. The number of piperidine rings is 1. The van der Waals surface area contributed by atoms with Crippen molar-refractivity contribution in [1.82, 2.24) is 50.8 Å². The Kier molecular flexibility index (Phi) is 31.9. The predicted octanol–water partition coefficient (Wildman–Crippen LogP) is 4.12. The highest BCUT2D eigenvalue weighted by atomic mass is 32.1. The van der Waals surface area contributed by atoms with Crippen LogP contribution in [-0.4, -0.2) is 216 Å². The van der Waals surface area contributed by atoms with Crippen LogP contribution in [0.3, 0.4) is 0 Å². The zero-order chi connectivity index (χ0) is 68.1. The average molecular weight is 1320 g/mol. The predicted molar refractivity (Wildman–Crippen MR) is 344 cm³/mol. The Labute approximate surface area is 549 Å². The number of ether oxygens (including phenoxy) is 3. The first kappa shape index (κ1) is 76.0. The first-order valence-corrected chi connectivity index (χ1v) is 33.3. The summed E-state index contributed by atoms with van der Waals surface area (Å²) in [5.74, 6) is -5.28. The number of likely N-dealkylation sites (tertiary alicyclic amines) is 1. The van der Waals surface area contributed by atoms with Gasteiger partial charge in [-0.05, 0) is 89.8 Å². The molecule has 93 heavy (non-hydrogen) atoms. The summed E-state index contributed by atoms with van der Waals surface area (Å²) in [7, 11) is 3.62. The van der Waals surface area contributed by atoms with Crippen LogP contribution in [0.5, 0.6) is 0 Å². The van der Waals surface area contributed by atoms with Crippen molar-refractivity contribution >= 4 is 82.9 Å². The summed E-state index contributed by atoms with van der Waals surface area (Å²) in [4.78, 5) is 170. The largest absolute Gasteiger partial charge is 0.465 e. The SMILES string of the molecule is CCC(C)[C@H](CC(=O)C1CCCCN1C)C(=O)N(C)[C@H](C[C@@H](OC(=O)NC(CCCCNC(=O)CCCC(=O)N(CCN1C(=O)C=CC1=O)CCN1C(=O)C=CC1=O)C(=O)NCCOCCO)c1nc(C(=O)N[C@@H](Cc2ccc(C)cc2)CC(C)OC=O)cs1)C(C)C. The van der Waals surface area contributed by atoms with Crippen LogP contribution in [-0.2, 0) is 68.6 Å². The second-order valence-corrected chi connectivity index (χ2v) is 25.4. The van der Waals surface area contributed by atoms with Gasteiger partial charge in [0.1, 0.15) is 22.8 Å². The lowest BCUT2D eigenvalue weighted by Gasteiger charge is -2.37. The number of benzene rings is 1. The highest BCUT2D eigenvalue weighted by molar-refractivity contribution is 7.09. The Morgan fingerprint density at radius 1 is 0.828 bits per heavy atom. The Morgan fingerprint density at radius 3 is 2.09 bits per heavy atom. The van der Waals surface area contributed by atoms with Crippen LogP contribution in [0.2, 0.25) is 0 Å². The summed E-state index contributed by atoms with van der Waals surface area (Å²) in [6, 6.07) is 5.27. The van der Waals surface area contributed by atoms with Crippen LogP contribution in [0.15, 0.2) is 53.9 Å². The molecule has 4 heterocycles. The second-order valence-electron chi connectivity index (χ2n) is 24.5. The fourth-order valence-electron chi connectivity index (χ4n) is 11.5. The van der Waals surface area contributed by atoms with Crippen molar-refractivity contribution in [2.75, 3.05) is 79.7 Å². The fraction of sp³-hybridized carbons (Fsp3) is 0.621. The van der Waals surface area contributed by atoms with Gasteiger partial charge < -0.3 is 50.4 Å². The van der Waals surface area contributed by atoms with Crippen molar-refractivity contribution in [3.05, 3.63) is 75.8 Å². The van der Waals surface area contributed by atoms with E-state index in [0.29, 0.717) is 32.2 Å². The number of thiazole rings is 1. The number of unbranched alkanes of at least 4 members (excludes halogenated alkanes) is 1. The molecule has 0 aliphatic carbocycles. The number of aryl methyl sites for hydroxylation is 1. The van der Waals surface area contributed by atoms with Crippen LogP contribution in [0, 0.1) is 24.7 Å². The number of carbonyl (C=O) groups is 12. The van der Waals surface area contributed by atoms with Gasteiger partial charge in [0, 0.05) is 126 Å². The lowest BCUT2D eigenvalue weighted by atomic mass is 9.83. The third-order valence-corrected chi connectivity index (χ3v) is 18.1. The van der Waals surface area contributed by atoms with E-state index in [9.17, 15) is 62.6 Å². The van der Waals surface area contributed by atoms with Crippen LogP contribution in [0.25, 0.3) is 0 Å². The summed E-state index contributed by atoms with van der Waals surface area (Å²) < 4.78 is 16.8. The Balaban J connectivity index is 1.30. The third-order valence-electron chi connectivity index (χ3n) is 17.2. The number of Topliss-reactive ketones (excluding diaryl/α,β-unsaturated/α-hetero) is 1. The molecule has 10 amide bonds. The summed E-state index contributed by atoms with van der Waals surface area (Å²) in [6.45, 7) is 12.4. The van der Waals surface area contributed by atoms with E-state index >= 15 is 0 Å². The summed E-state index contributed by atoms with van der Waals surface area (Å²) >= 11 is 1.07. The van der Waals surface area contributed by atoms with Crippen molar-refractivity contribution in [2.24, 2.45) is 17.8 Å². The summed E-state index contributed by atoms with van der Waals surface area (Å²) in [5.41, 5.74) is 2.02. The molecule has 1 saturated heterocycles. The monoisotopic (exact) mass is 1320 g/mol. The van der Waals surface area contributed by atoms with E-state index in [1.165, 1.54) is 10.3 Å². The number of hydrogen-bond donors (Lipinski definition) is 5. The number of carbonyl (C=O) groups excluding carboxylic acids is 12. The molecule has 5 N–H and O–H groups in total. The minimum absolute atomic E-state index is 0.00181. The first-order chi connectivity index (χ1) is 44.4. The number of rotatable bonds is 42. The van der Waals surface area contributed by atoms with Gasteiger partial charge in [0.15, 0.2) is 11.9 Å². The number of likely N-dealkylation sites (N-methyl/N-ethyl adjacent to an activating group) is 1. The second kappa shape index (κ2) is 39.1. The average Bonchev–Trinajstić information content (AvgIpc) is 1.86. The molecule has 3 aliphatic heterocycles. The van der Waals surface area contributed by atoms with Gasteiger partial charge in [0.25, 0.3) is 36.0 Å². The number of aliphatic hydroxyl groups excluding tert-OH is 1. The van der Waals surface area contributed by atoms with Crippen LogP contribution < -0.4 is 21.3 Å². The maximum Gasteiger partial charge on any atom is 0.408 e. The number of alkyl carbamates (subject to hydrolysis) is 1. The highest BCUT2D eigenvalue weighted by Crippen LogP contribution is 2.33. The molecule has 3 aliphatic rings. The zero-order valence-corrected chi connectivity index (χ0v) is 55.9. The van der Waals surface area contributed by atoms with E-state index in [1.54, 1.807) is 18.9 Å². The third kappa shape index (κ3) is 24.6. The van der Waals surface area contributed by atoms with E-state index in [2.05, 4.69) is 26.2 Å². The molecule has 0 spiro atoms. The quantitative estimate of drug-likeness (QED) is 0.0355. The Bertz CT molecular complexity index is 2860. The first-order valence-electron chi connectivity index (χ1n) is 32.4. The molecule has 0 bridgehead atoms. The number of imide groups is 2. The molecule has 1 fully saturated rings. The van der Waals surface area contributed by atoms with Crippen LogP contribution >= 0.6 is 11.3 Å². The van der Waals surface area contributed by atoms with Crippen molar-refractivity contribution < 1.29 is 76.9 Å². The topological polar surface area (TPSA) is 330 Å². The molecule has 512 valence electrons. The molecule has 4 unspecified atom stereocenters. The van der Waals surface area contributed by atoms with Crippen molar-refractivity contribution in [1.29, 1.82) is 0 Å². The van der Waals surface area contributed by atoms with E-state index in [1.807, 2.05) is 65.9 Å². The molecule has 1 aromatic heterocycles. The lowest BCUT2D eigenvalue weighted by molar-refractivity contribution is -0.143. The van der Waals surface area contributed by atoms with Crippen molar-refractivity contribution in [3.63, 3.8) is 0 Å². The molecule has 0 radical (unpaired) electrons. The number of ketones is 1. The van der Waals surface area contributed by atoms with Crippen molar-refractivity contribution in [3.8, 4) is 0 Å². The molecule has 0 saturated carbocycles. The maximum atomic E-state index is 14.9. The lowest BCUT2D eigenvalue weighted by Crippen LogP contribution is -2.49. The van der Waals surface area contributed by atoms with E-state index in [-0.39, 0.29) is 150 Å². The van der Waals surface area contributed by atoms with Gasteiger partial charge in [0.2, 0.25) is 23.6 Å². The maximum absolute atomic E-state index is 14.9. The Hall–Kier alpha value is -7.75. The van der Waals surface area contributed by atoms with Gasteiger partial charge in [-0.1, -0.05) is 70.4 Å². The normalized spacial score (nSPS) is 17.1. The van der Waals surface area contributed by atoms with E-state index in [0.717, 1.165) is 82.4 Å². The number of nitrogens with zero attached hydrogens (tertiary/aromatic N) is 6. The molecular weight excluding hydrogens is 1220 g/mol. The molecule has 8 atom stereocenters.